The fourth-order valence-electron chi connectivity index (χ4n) is 1.87. The van der Waals surface area contributed by atoms with Crippen LogP contribution in [0.15, 0.2) is 48.5 Å². The monoisotopic (exact) mass is 228 g/mol. The standard InChI is InChI=1S/C15H16O2/c16-14-10-9-13(11-15(14)17)8-4-7-12-5-2-1-3-6-12/h1-3,5-6,9-11,16-17H,4,7-8H2. The number of aryl methyl sites for hydroxylation is 2. The average Bonchev–Trinajstić information content (AvgIpc) is 2.35. The smallest absolute Gasteiger partial charge is 0.157 e. The first-order valence-electron chi connectivity index (χ1n) is 5.80. The van der Waals surface area contributed by atoms with Gasteiger partial charge >= 0.3 is 0 Å². The highest BCUT2D eigenvalue weighted by Crippen LogP contribution is 2.25. The Labute approximate surface area is 101 Å². The maximum Gasteiger partial charge on any atom is 0.157 e. The summed E-state index contributed by atoms with van der Waals surface area (Å²) < 4.78 is 0. The fourth-order valence-corrected chi connectivity index (χ4v) is 1.87. The summed E-state index contributed by atoms with van der Waals surface area (Å²) >= 11 is 0. The first-order valence-corrected chi connectivity index (χ1v) is 5.80. The highest BCUT2D eigenvalue weighted by atomic mass is 16.3. The van der Waals surface area contributed by atoms with Crippen molar-refractivity contribution >= 4 is 0 Å². The molecule has 17 heavy (non-hydrogen) atoms. The minimum absolute atomic E-state index is 0.0396. The van der Waals surface area contributed by atoms with Crippen molar-refractivity contribution in [3.8, 4) is 11.5 Å². The Hall–Kier alpha value is -1.96. The molecule has 0 amide bonds. The van der Waals surface area contributed by atoms with Crippen molar-refractivity contribution in [3.05, 3.63) is 59.7 Å². The lowest BCUT2D eigenvalue weighted by Gasteiger charge is -2.04. The van der Waals surface area contributed by atoms with E-state index in [1.165, 1.54) is 11.6 Å². The summed E-state index contributed by atoms with van der Waals surface area (Å²) in [6, 6.07) is 15.3. The summed E-state index contributed by atoms with van der Waals surface area (Å²) in [7, 11) is 0. The molecule has 0 atom stereocenters. The molecule has 2 aromatic carbocycles. The third-order valence-corrected chi connectivity index (χ3v) is 2.81. The van der Waals surface area contributed by atoms with Gasteiger partial charge in [-0.1, -0.05) is 36.4 Å². The Morgan fingerprint density at radius 3 is 2.12 bits per heavy atom. The van der Waals surface area contributed by atoms with E-state index in [4.69, 9.17) is 0 Å². The zero-order valence-electron chi connectivity index (χ0n) is 9.63. The van der Waals surface area contributed by atoms with Gasteiger partial charge in [0.2, 0.25) is 0 Å². The van der Waals surface area contributed by atoms with Crippen LogP contribution >= 0.6 is 0 Å². The molecule has 0 aliphatic carbocycles. The van der Waals surface area contributed by atoms with Gasteiger partial charge in [0.05, 0.1) is 0 Å². The van der Waals surface area contributed by atoms with Crippen molar-refractivity contribution < 1.29 is 10.2 Å². The predicted molar refractivity (Wildman–Crippen MR) is 68.2 cm³/mol. The van der Waals surface area contributed by atoms with Gasteiger partial charge in [0.25, 0.3) is 0 Å². The number of benzene rings is 2. The van der Waals surface area contributed by atoms with Crippen LogP contribution in [0.25, 0.3) is 0 Å². The molecule has 2 N–H and O–H groups in total. The minimum atomic E-state index is -0.0585. The van der Waals surface area contributed by atoms with Crippen molar-refractivity contribution in [1.82, 2.24) is 0 Å². The van der Waals surface area contributed by atoms with Crippen LogP contribution < -0.4 is 0 Å². The van der Waals surface area contributed by atoms with Crippen molar-refractivity contribution in [3.63, 3.8) is 0 Å². The molecular weight excluding hydrogens is 212 g/mol. The molecule has 2 rings (SSSR count). The van der Waals surface area contributed by atoms with E-state index in [1.807, 2.05) is 24.3 Å². The highest BCUT2D eigenvalue weighted by molar-refractivity contribution is 5.40. The molecule has 88 valence electrons. The van der Waals surface area contributed by atoms with Crippen molar-refractivity contribution in [2.24, 2.45) is 0 Å². The molecule has 0 aliphatic rings. The van der Waals surface area contributed by atoms with Crippen LogP contribution in [0.3, 0.4) is 0 Å². The SMILES string of the molecule is Oc1ccc(CCCc2ccccc2)cc1O. The Bertz CT molecular complexity index is 478. The van der Waals surface area contributed by atoms with Crippen LogP contribution in [0, 0.1) is 0 Å². The molecule has 0 bridgehead atoms. The van der Waals surface area contributed by atoms with Gasteiger partial charge in [0.15, 0.2) is 11.5 Å². The van der Waals surface area contributed by atoms with Gasteiger partial charge < -0.3 is 10.2 Å². The van der Waals surface area contributed by atoms with E-state index in [-0.39, 0.29) is 11.5 Å². The van der Waals surface area contributed by atoms with E-state index >= 15 is 0 Å². The summed E-state index contributed by atoms with van der Waals surface area (Å²) in [5.41, 5.74) is 2.38. The van der Waals surface area contributed by atoms with E-state index < -0.39 is 0 Å². The summed E-state index contributed by atoms with van der Waals surface area (Å²) in [6.45, 7) is 0. The normalized spacial score (nSPS) is 10.4. The Balaban J connectivity index is 1.88. The lowest BCUT2D eigenvalue weighted by atomic mass is 10.0. The number of phenolic OH excluding ortho intramolecular Hbond substituents is 2. The molecule has 2 aromatic rings. The predicted octanol–water partition coefficient (Wildman–Crippen LogP) is 3.27. The van der Waals surface area contributed by atoms with Crippen LogP contribution in [0.2, 0.25) is 0 Å². The van der Waals surface area contributed by atoms with E-state index in [0.29, 0.717) is 0 Å². The second-order valence-electron chi connectivity index (χ2n) is 4.16. The third-order valence-electron chi connectivity index (χ3n) is 2.81. The van der Waals surface area contributed by atoms with Crippen molar-refractivity contribution in [1.29, 1.82) is 0 Å². The van der Waals surface area contributed by atoms with Gasteiger partial charge in [-0.3, -0.25) is 0 Å². The van der Waals surface area contributed by atoms with E-state index in [0.717, 1.165) is 24.8 Å². The summed E-state index contributed by atoms with van der Waals surface area (Å²) in [6.07, 6.45) is 2.97. The topological polar surface area (TPSA) is 40.5 Å². The number of hydrogen-bond acceptors (Lipinski definition) is 2. The van der Waals surface area contributed by atoms with Gasteiger partial charge in [0, 0.05) is 0 Å². The van der Waals surface area contributed by atoms with E-state index in [1.54, 1.807) is 6.07 Å². The van der Waals surface area contributed by atoms with Crippen molar-refractivity contribution in [2.45, 2.75) is 19.3 Å². The highest BCUT2D eigenvalue weighted by Gasteiger charge is 2.00. The quantitative estimate of drug-likeness (QED) is 0.788. The first kappa shape index (κ1) is 11.5. The molecule has 2 heteroatoms. The van der Waals surface area contributed by atoms with Gasteiger partial charge in [-0.15, -0.1) is 0 Å². The molecule has 0 saturated heterocycles. The van der Waals surface area contributed by atoms with Gasteiger partial charge in [-0.05, 0) is 42.5 Å². The average molecular weight is 228 g/mol. The van der Waals surface area contributed by atoms with Crippen LogP contribution in [0.4, 0.5) is 0 Å². The minimum Gasteiger partial charge on any atom is -0.504 e. The lowest BCUT2D eigenvalue weighted by Crippen LogP contribution is -1.89. The van der Waals surface area contributed by atoms with Crippen LogP contribution in [0.1, 0.15) is 17.5 Å². The number of phenols is 2. The third kappa shape index (κ3) is 3.25. The van der Waals surface area contributed by atoms with Crippen LogP contribution in [-0.4, -0.2) is 10.2 Å². The molecule has 0 fully saturated rings. The summed E-state index contributed by atoms with van der Waals surface area (Å²) in [5, 5.41) is 18.6. The first-order chi connectivity index (χ1) is 8.25. The molecular formula is C15H16O2. The lowest BCUT2D eigenvalue weighted by molar-refractivity contribution is 0.403. The van der Waals surface area contributed by atoms with Crippen LogP contribution in [-0.2, 0) is 12.8 Å². The maximum absolute atomic E-state index is 9.37. The zero-order valence-corrected chi connectivity index (χ0v) is 9.63. The largest absolute Gasteiger partial charge is 0.504 e. The number of aromatic hydroxyl groups is 2. The molecule has 0 radical (unpaired) electrons. The van der Waals surface area contributed by atoms with Gasteiger partial charge in [-0.2, -0.15) is 0 Å². The van der Waals surface area contributed by atoms with Gasteiger partial charge in [-0.25, -0.2) is 0 Å². The second kappa shape index (κ2) is 5.39. The van der Waals surface area contributed by atoms with Crippen molar-refractivity contribution in [2.75, 3.05) is 0 Å². The summed E-state index contributed by atoms with van der Waals surface area (Å²) in [4.78, 5) is 0. The Morgan fingerprint density at radius 2 is 1.41 bits per heavy atom. The van der Waals surface area contributed by atoms with Gasteiger partial charge in [0.1, 0.15) is 0 Å². The Kier molecular flexibility index (Phi) is 3.66. The molecule has 0 heterocycles. The number of hydrogen-bond donors (Lipinski definition) is 2. The van der Waals surface area contributed by atoms with E-state index in [2.05, 4.69) is 12.1 Å². The molecule has 0 unspecified atom stereocenters. The fraction of sp³-hybridized carbons (Fsp3) is 0.200. The molecule has 0 aromatic heterocycles. The van der Waals surface area contributed by atoms with E-state index in [9.17, 15) is 10.2 Å². The van der Waals surface area contributed by atoms with Crippen LogP contribution in [0.5, 0.6) is 11.5 Å². The molecule has 0 spiro atoms. The Morgan fingerprint density at radius 1 is 0.706 bits per heavy atom. The number of rotatable bonds is 4. The molecule has 2 nitrogen and oxygen atoms in total. The molecule has 0 saturated carbocycles. The summed E-state index contributed by atoms with van der Waals surface area (Å²) in [5.74, 6) is -0.0981. The zero-order chi connectivity index (χ0) is 12.1. The second-order valence-corrected chi connectivity index (χ2v) is 4.16. The molecule has 0 aliphatic heterocycles. The maximum atomic E-state index is 9.37.